The van der Waals surface area contributed by atoms with Crippen molar-refractivity contribution in [2.24, 2.45) is 0 Å². The lowest BCUT2D eigenvalue weighted by Crippen LogP contribution is -2.39. The molecule has 1 fully saturated rings. The van der Waals surface area contributed by atoms with Gasteiger partial charge < -0.3 is 15.0 Å². The lowest BCUT2D eigenvalue weighted by molar-refractivity contribution is -0.0503. The van der Waals surface area contributed by atoms with Crippen LogP contribution in [0.25, 0.3) is 0 Å². The highest BCUT2D eigenvalue weighted by Crippen LogP contribution is 2.31. The second kappa shape index (κ2) is 11.4. The Balaban J connectivity index is 1.41. The van der Waals surface area contributed by atoms with Gasteiger partial charge in [-0.3, -0.25) is 14.6 Å². The van der Waals surface area contributed by atoms with Crippen LogP contribution in [0.2, 0.25) is 0 Å². The highest BCUT2D eigenvalue weighted by atomic mass is 32.1. The van der Waals surface area contributed by atoms with Crippen molar-refractivity contribution >= 4 is 23.2 Å². The molecule has 35 heavy (non-hydrogen) atoms. The number of amides is 2. The fourth-order valence-electron chi connectivity index (χ4n) is 4.30. The Kier molecular flexibility index (Phi) is 8.07. The number of para-hydroxylation sites is 1. The molecule has 1 aromatic carbocycles. The summed E-state index contributed by atoms with van der Waals surface area (Å²) in [5.74, 6) is -0.606. The lowest BCUT2D eigenvalue weighted by Gasteiger charge is -2.32. The molecule has 4 rings (SSSR count). The monoisotopic (exact) mass is 499 g/mol. The first-order valence-electron chi connectivity index (χ1n) is 11.5. The Bertz CT molecular complexity index is 1160. The summed E-state index contributed by atoms with van der Waals surface area (Å²) in [6.07, 6.45) is 2.01. The molecule has 0 unspecified atom stereocenters. The molecule has 0 radical (unpaired) electrons. The number of piperidine rings is 1. The molecule has 1 aliphatic heterocycles. The zero-order chi connectivity index (χ0) is 24.8. The van der Waals surface area contributed by atoms with Gasteiger partial charge in [-0.2, -0.15) is 8.78 Å². The van der Waals surface area contributed by atoms with Crippen LogP contribution in [-0.2, 0) is 6.42 Å². The Labute approximate surface area is 206 Å². The number of aromatic nitrogens is 1. The molecule has 184 valence electrons. The maximum absolute atomic E-state index is 13.0. The number of nitrogens with zero attached hydrogens (tertiary/aromatic N) is 2. The molecule has 0 saturated carbocycles. The molecule has 0 spiro atoms. The third-order valence-electron chi connectivity index (χ3n) is 6.05. The molecule has 1 saturated heterocycles. The summed E-state index contributed by atoms with van der Waals surface area (Å²) in [6, 6.07) is 13.7. The SMILES string of the molecule is Cc1ccc(C(=O)NCCc2cccs2)c(C2CCN(C(=O)c3ccccc3OC(F)F)CC2)n1. The third kappa shape index (κ3) is 6.22. The molecule has 0 aliphatic carbocycles. The average molecular weight is 500 g/mol. The van der Waals surface area contributed by atoms with E-state index in [0.29, 0.717) is 38.0 Å². The first-order chi connectivity index (χ1) is 16.9. The number of thiophene rings is 1. The quantitative estimate of drug-likeness (QED) is 0.471. The topological polar surface area (TPSA) is 71.5 Å². The second-order valence-corrected chi connectivity index (χ2v) is 9.44. The minimum Gasteiger partial charge on any atom is -0.434 e. The van der Waals surface area contributed by atoms with Crippen molar-refractivity contribution in [3.05, 3.63) is 81.3 Å². The van der Waals surface area contributed by atoms with Gasteiger partial charge in [0.05, 0.1) is 16.8 Å². The molecular formula is C26H27F2N3O3S. The summed E-state index contributed by atoms with van der Waals surface area (Å²) >= 11 is 1.66. The zero-order valence-electron chi connectivity index (χ0n) is 19.4. The summed E-state index contributed by atoms with van der Waals surface area (Å²) in [5.41, 5.74) is 2.24. The smallest absolute Gasteiger partial charge is 0.387 e. The van der Waals surface area contributed by atoms with Crippen LogP contribution < -0.4 is 10.1 Å². The van der Waals surface area contributed by atoms with Crippen LogP contribution >= 0.6 is 11.3 Å². The van der Waals surface area contributed by atoms with E-state index in [1.54, 1.807) is 28.4 Å². The van der Waals surface area contributed by atoms with E-state index in [9.17, 15) is 18.4 Å². The fraction of sp³-hybridized carbons (Fsp3) is 0.346. The van der Waals surface area contributed by atoms with Crippen LogP contribution in [0.3, 0.4) is 0 Å². The van der Waals surface area contributed by atoms with Gasteiger partial charge in [-0.25, -0.2) is 0 Å². The molecule has 9 heteroatoms. The number of nitrogens with one attached hydrogen (secondary N) is 1. The number of carbonyl (C=O) groups is 2. The first kappa shape index (κ1) is 24.8. The van der Waals surface area contributed by atoms with Crippen LogP contribution in [-0.4, -0.2) is 47.9 Å². The van der Waals surface area contributed by atoms with Crippen molar-refractivity contribution in [3.8, 4) is 5.75 Å². The molecule has 0 atom stereocenters. The number of carbonyl (C=O) groups excluding carboxylic acids is 2. The lowest BCUT2D eigenvalue weighted by atomic mass is 9.89. The second-order valence-electron chi connectivity index (χ2n) is 8.41. The van der Waals surface area contributed by atoms with Crippen LogP contribution in [0.5, 0.6) is 5.75 Å². The van der Waals surface area contributed by atoms with E-state index < -0.39 is 6.61 Å². The van der Waals surface area contributed by atoms with Gasteiger partial charge in [-0.05, 0) is 61.9 Å². The summed E-state index contributed by atoms with van der Waals surface area (Å²) in [7, 11) is 0. The minimum absolute atomic E-state index is 0.0181. The average Bonchev–Trinajstić information content (AvgIpc) is 3.37. The molecule has 3 heterocycles. The molecule has 2 aromatic heterocycles. The van der Waals surface area contributed by atoms with Gasteiger partial charge in [0, 0.05) is 36.1 Å². The maximum Gasteiger partial charge on any atom is 0.387 e. The van der Waals surface area contributed by atoms with E-state index in [0.717, 1.165) is 17.8 Å². The highest BCUT2D eigenvalue weighted by Gasteiger charge is 2.29. The Morgan fingerprint density at radius 2 is 1.89 bits per heavy atom. The van der Waals surface area contributed by atoms with Crippen LogP contribution in [0.4, 0.5) is 8.78 Å². The minimum atomic E-state index is -3.00. The van der Waals surface area contributed by atoms with Crippen molar-refractivity contribution in [2.45, 2.75) is 38.7 Å². The molecule has 1 aliphatic rings. The number of ether oxygens (including phenoxy) is 1. The van der Waals surface area contributed by atoms with Crippen molar-refractivity contribution in [2.75, 3.05) is 19.6 Å². The number of benzene rings is 1. The van der Waals surface area contributed by atoms with Gasteiger partial charge in [-0.1, -0.05) is 18.2 Å². The molecule has 6 nitrogen and oxygen atoms in total. The van der Waals surface area contributed by atoms with E-state index in [2.05, 4.69) is 15.0 Å². The van der Waals surface area contributed by atoms with E-state index in [-0.39, 0.29) is 29.0 Å². The Hall–Kier alpha value is -3.33. The number of halogens is 2. The van der Waals surface area contributed by atoms with Crippen molar-refractivity contribution in [3.63, 3.8) is 0 Å². The largest absolute Gasteiger partial charge is 0.434 e. The molecule has 0 bridgehead atoms. The predicted molar refractivity (Wildman–Crippen MR) is 130 cm³/mol. The van der Waals surface area contributed by atoms with Crippen LogP contribution in [0, 0.1) is 6.92 Å². The van der Waals surface area contributed by atoms with Gasteiger partial charge in [0.25, 0.3) is 11.8 Å². The van der Waals surface area contributed by atoms with E-state index in [4.69, 9.17) is 0 Å². The molecular weight excluding hydrogens is 472 g/mol. The normalized spacial score (nSPS) is 14.2. The Morgan fingerprint density at radius 1 is 1.11 bits per heavy atom. The summed E-state index contributed by atoms with van der Waals surface area (Å²) in [4.78, 5) is 33.5. The molecule has 1 N–H and O–H groups in total. The number of pyridine rings is 1. The maximum atomic E-state index is 13.0. The van der Waals surface area contributed by atoms with E-state index in [1.165, 1.54) is 17.0 Å². The van der Waals surface area contributed by atoms with Gasteiger partial charge in [0.1, 0.15) is 5.75 Å². The first-order valence-corrected chi connectivity index (χ1v) is 12.4. The van der Waals surface area contributed by atoms with E-state index in [1.807, 2.05) is 36.6 Å². The number of aryl methyl sites for hydroxylation is 1. The van der Waals surface area contributed by atoms with Crippen LogP contribution in [0.15, 0.2) is 53.9 Å². The number of hydrogen-bond acceptors (Lipinski definition) is 5. The van der Waals surface area contributed by atoms with Crippen molar-refractivity contribution < 1.29 is 23.1 Å². The third-order valence-corrected chi connectivity index (χ3v) is 6.98. The zero-order valence-corrected chi connectivity index (χ0v) is 20.2. The number of alkyl halides is 2. The standard InChI is InChI=1S/C26H27F2N3O3S/c1-17-8-9-21(24(32)29-13-10-19-5-4-16-35-19)23(30-17)18-11-14-31(15-12-18)25(33)20-6-2-3-7-22(20)34-26(27)28/h2-9,16,18,26H,10-15H2,1H3,(H,29,32). The summed E-state index contributed by atoms with van der Waals surface area (Å²) < 4.78 is 30.0. The predicted octanol–water partition coefficient (Wildman–Crippen LogP) is 5.05. The number of hydrogen-bond donors (Lipinski definition) is 1. The Morgan fingerprint density at radius 3 is 2.60 bits per heavy atom. The fourth-order valence-corrected chi connectivity index (χ4v) is 5.01. The van der Waals surface area contributed by atoms with Crippen LogP contribution in [0.1, 0.15) is 55.7 Å². The van der Waals surface area contributed by atoms with Gasteiger partial charge in [-0.15, -0.1) is 11.3 Å². The molecule has 3 aromatic rings. The highest BCUT2D eigenvalue weighted by molar-refractivity contribution is 7.09. The molecule has 2 amide bonds. The number of rotatable bonds is 8. The van der Waals surface area contributed by atoms with Gasteiger partial charge in [0.2, 0.25) is 0 Å². The van der Waals surface area contributed by atoms with Crippen molar-refractivity contribution in [1.82, 2.24) is 15.2 Å². The van der Waals surface area contributed by atoms with Gasteiger partial charge in [0.15, 0.2) is 0 Å². The van der Waals surface area contributed by atoms with Crippen molar-refractivity contribution in [1.29, 1.82) is 0 Å². The number of likely N-dealkylation sites (tertiary alicyclic amines) is 1. The summed E-state index contributed by atoms with van der Waals surface area (Å²) in [6.45, 7) is 0.292. The summed E-state index contributed by atoms with van der Waals surface area (Å²) in [5, 5.41) is 5.01. The van der Waals surface area contributed by atoms with Gasteiger partial charge >= 0.3 is 6.61 Å². The van der Waals surface area contributed by atoms with E-state index >= 15 is 0 Å².